The number of rotatable bonds is 5. The van der Waals surface area contributed by atoms with Crippen LogP contribution in [0.1, 0.15) is 12.7 Å². The summed E-state index contributed by atoms with van der Waals surface area (Å²) in [5, 5.41) is 7.12. The van der Waals surface area contributed by atoms with Crippen molar-refractivity contribution in [3.63, 3.8) is 0 Å². The molecular weight excluding hydrogens is 272 g/mol. The first-order valence-electron chi connectivity index (χ1n) is 6.36. The number of nitrogens with zero attached hydrogens (tertiary/aromatic N) is 6. The first kappa shape index (κ1) is 13.0. The Morgan fingerprint density at radius 3 is 3.00 bits per heavy atom. The van der Waals surface area contributed by atoms with Crippen molar-refractivity contribution in [3.8, 4) is 5.95 Å². The maximum Gasteiger partial charge on any atom is 0.258 e. The van der Waals surface area contributed by atoms with E-state index in [-0.39, 0.29) is 12.0 Å². The highest BCUT2D eigenvalue weighted by molar-refractivity contribution is 5.35. The molecule has 3 aromatic rings. The summed E-state index contributed by atoms with van der Waals surface area (Å²) in [6.07, 6.45) is 5.24. The maximum absolute atomic E-state index is 5.70. The zero-order chi connectivity index (χ0) is 14.7. The minimum atomic E-state index is 0.0709. The van der Waals surface area contributed by atoms with Gasteiger partial charge in [-0.3, -0.25) is 0 Å². The quantitative estimate of drug-likeness (QED) is 0.702. The Kier molecular flexibility index (Phi) is 3.46. The predicted octanol–water partition coefficient (Wildman–Crippen LogP) is 0.671. The summed E-state index contributed by atoms with van der Waals surface area (Å²) in [4.78, 5) is 16.2. The van der Waals surface area contributed by atoms with Gasteiger partial charge in [0.05, 0.1) is 6.26 Å². The van der Waals surface area contributed by atoms with Gasteiger partial charge in [-0.05, 0) is 19.1 Å². The van der Waals surface area contributed by atoms with Crippen molar-refractivity contribution < 1.29 is 4.42 Å². The van der Waals surface area contributed by atoms with Gasteiger partial charge < -0.3 is 15.5 Å². The monoisotopic (exact) mass is 286 g/mol. The van der Waals surface area contributed by atoms with Crippen LogP contribution in [0.25, 0.3) is 5.95 Å². The molecule has 0 saturated heterocycles. The number of furan rings is 1. The van der Waals surface area contributed by atoms with Crippen LogP contribution in [0.2, 0.25) is 0 Å². The second-order valence-electron chi connectivity index (χ2n) is 4.49. The summed E-state index contributed by atoms with van der Waals surface area (Å²) in [7, 11) is 0. The molecule has 0 aliphatic carbocycles. The fraction of sp³-hybridized carbons (Fsp3) is 0.250. The Morgan fingerprint density at radius 1 is 1.38 bits per heavy atom. The molecule has 21 heavy (non-hydrogen) atoms. The van der Waals surface area contributed by atoms with Gasteiger partial charge in [0, 0.05) is 12.5 Å². The first-order valence-corrected chi connectivity index (χ1v) is 6.36. The van der Waals surface area contributed by atoms with Gasteiger partial charge in [0.2, 0.25) is 11.9 Å². The Balaban J connectivity index is 1.76. The summed E-state index contributed by atoms with van der Waals surface area (Å²) in [6.45, 7) is 2.00. The van der Waals surface area contributed by atoms with E-state index in [2.05, 4.69) is 30.4 Å². The molecule has 0 bridgehead atoms. The lowest BCUT2D eigenvalue weighted by Gasteiger charge is -2.13. The van der Waals surface area contributed by atoms with Crippen molar-refractivity contribution in [2.75, 3.05) is 11.1 Å². The standard InChI is InChI=1S/C12H14N8O/c1-8(5-9-3-2-4-21-9)16-11-17-10(13)18-12(19-11)20-7-14-6-15-20/h2-4,6-8H,5H2,1H3,(H3,13,16,17,18,19). The largest absolute Gasteiger partial charge is 0.469 e. The van der Waals surface area contributed by atoms with Gasteiger partial charge in [-0.1, -0.05) is 0 Å². The lowest BCUT2D eigenvalue weighted by atomic mass is 10.2. The molecule has 1 unspecified atom stereocenters. The molecule has 0 spiro atoms. The summed E-state index contributed by atoms with van der Waals surface area (Å²) in [5.74, 6) is 1.69. The highest BCUT2D eigenvalue weighted by Gasteiger charge is 2.11. The molecule has 0 amide bonds. The zero-order valence-corrected chi connectivity index (χ0v) is 11.3. The minimum absolute atomic E-state index is 0.0709. The Hall–Kier alpha value is -2.97. The molecule has 0 aromatic carbocycles. The van der Waals surface area contributed by atoms with E-state index in [1.54, 1.807) is 6.26 Å². The predicted molar refractivity (Wildman–Crippen MR) is 74.7 cm³/mol. The van der Waals surface area contributed by atoms with Gasteiger partial charge in [0.25, 0.3) is 5.95 Å². The Labute approximate surface area is 120 Å². The van der Waals surface area contributed by atoms with E-state index in [9.17, 15) is 0 Å². The molecule has 3 heterocycles. The van der Waals surface area contributed by atoms with E-state index in [0.717, 1.165) is 5.76 Å². The van der Waals surface area contributed by atoms with Gasteiger partial charge in [-0.2, -0.15) is 24.7 Å². The molecule has 9 heteroatoms. The highest BCUT2D eigenvalue weighted by Crippen LogP contribution is 2.10. The lowest BCUT2D eigenvalue weighted by Crippen LogP contribution is -2.21. The normalized spacial score (nSPS) is 12.2. The summed E-state index contributed by atoms with van der Waals surface area (Å²) in [5.41, 5.74) is 5.70. The molecule has 9 nitrogen and oxygen atoms in total. The third-order valence-corrected chi connectivity index (χ3v) is 2.73. The van der Waals surface area contributed by atoms with Gasteiger partial charge in [-0.25, -0.2) is 4.98 Å². The smallest absolute Gasteiger partial charge is 0.258 e. The number of hydrogen-bond acceptors (Lipinski definition) is 8. The first-order chi connectivity index (χ1) is 10.2. The number of hydrogen-bond donors (Lipinski definition) is 2. The number of anilines is 2. The molecule has 0 fully saturated rings. The molecule has 0 aliphatic rings. The van der Waals surface area contributed by atoms with Crippen molar-refractivity contribution >= 4 is 11.9 Å². The molecule has 108 valence electrons. The molecule has 3 N–H and O–H groups in total. The molecule has 3 aromatic heterocycles. The van der Waals surface area contributed by atoms with E-state index in [1.807, 2.05) is 19.1 Å². The van der Waals surface area contributed by atoms with Crippen LogP contribution in [0.4, 0.5) is 11.9 Å². The lowest BCUT2D eigenvalue weighted by molar-refractivity contribution is 0.497. The van der Waals surface area contributed by atoms with Crippen LogP contribution in [-0.4, -0.2) is 35.8 Å². The minimum Gasteiger partial charge on any atom is -0.469 e. The van der Waals surface area contributed by atoms with Crippen LogP contribution in [0.5, 0.6) is 0 Å². The molecular formula is C12H14N8O. The topological polar surface area (TPSA) is 121 Å². The molecule has 0 radical (unpaired) electrons. The van der Waals surface area contributed by atoms with Crippen LogP contribution in [-0.2, 0) is 6.42 Å². The van der Waals surface area contributed by atoms with Crippen molar-refractivity contribution in [2.45, 2.75) is 19.4 Å². The number of nitrogens with one attached hydrogen (secondary N) is 1. The Bertz CT molecular complexity index is 694. The van der Waals surface area contributed by atoms with E-state index < -0.39 is 0 Å². The van der Waals surface area contributed by atoms with E-state index >= 15 is 0 Å². The van der Waals surface area contributed by atoms with Gasteiger partial charge in [-0.15, -0.1) is 0 Å². The van der Waals surface area contributed by atoms with E-state index in [0.29, 0.717) is 18.3 Å². The molecule has 1 atom stereocenters. The maximum atomic E-state index is 5.70. The third kappa shape index (κ3) is 3.14. The average Bonchev–Trinajstić information content (AvgIpc) is 3.10. The van der Waals surface area contributed by atoms with Crippen LogP contribution in [0, 0.1) is 0 Å². The van der Waals surface area contributed by atoms with Gasteiger partial charge >= 0.3 is 0 Å². The highest BCUT2D eigenvalue weighted by atomic mass is 16.3. The molecule has 0 aliphatic heterocycles. The summed E-state index contributed by atoms with van der Waals surface area (Å²) >= 11 is 0. The Morgan fingerprint density at radius 2 is 2.29 bits per heavy atom. The van der Waals surface area contributed by atoms with Gasteiger partial charge in [0.1, 0.15) is 18.4 Å². The van der Waals surface area contributed by atoms with Crippen LogP contribution in [0.3, 0.4) is 0 Å². The average molecular weight is 286 g/mol. The fourth-order valence-corrected chi connectivity index (χ4v) is 1.86. The van der Waals surface area contributed by atoms with Crippen LogP contribution < -0.4 is 11.1 Å². The number of nitrogens with two attached hydrogens (primary N) is 1. The van der Waals surface area contributed by atoms with Crippen molar-refractivity contribution in [1.29, 1.82) is 0 Å². The fourth-order valence-electron chi connectivity index (χ4n) is 1.86. The second kappa shape index (κ2) is 5.57. The number of nitrogen functional groups attached to an aromatic ring is 1. The molecule has 0 saturated carbocycles. The van der Waals surface area contributed by atoms with Crippen molar-refractivity contribution in [1.82, 2.24) is 29.7 Å². The van der Waals surface area contributed by atoms with Crippen LogP contribution in [0.15, 0.2) is 35.5 Å². The van der Waals surface area contributed by atoms with E-state index in [1.165, 1.54) is 17.3 Å². The second-order valence-corrected chi connectivity index (χ2v) is 4.49. The van der Waals surface area contributed by atoms with Crippen molar-refractivity contribution in [3.05, 3.63) is 36.8 Å². The molecule has 3 rings (SSSR count). The third-order valence-electron chi connectivity index (χ3n) is 2.73. The zero-order valence-electron chi connectivity index (χ0n) is 11.3. The SMILES string of the molecule is CC(Cc1ccco1)Nc1nc(N)nc(-n2cncn2)n1. The van der Waals surface area contributed by atoms with Gasteiger partial charge in [0.15, 0.2) is 0 Å². The van der Waals surface area contributed by atoms with Crippen molar-refractivity contribution in [2.24, 2.45) is 0 Å². The van der Waals surface area contributed by atoms with E-state index in [4.69, 9.17) is 10.2 Å². The summed E-state index contributed by atoms with van der Waals surface area (Å²) < 4.78 is 6.73. The summed E-state index contributed by atoms with van der Waals surface area (Å²) in [6, 6.07) is 3.84. The van der Waals surface area contributed by atoms with Crippen LogP contribution >= 0.6 is 0 Å². The number of aromatic nitrogens is 6.